The molecule has 0 aromatic carbocycles. The first kappa shape index (κ1) is 13.0. The Morgan fingerprint density at radius 1 is 1.14 bits per heavy atom. The molecule has 0 aliphatic heterocycles. The smallest absolute Gasteiger partial charge is 0.303 e. The zero-order valence-corrected chi connectivity index (χ0v) is 8.83. The molecule has 0 radical (unpaired) electrons. The van der Waals surface area contributed by atoms with Gasteiger partial charge in [-0.3, -0.25) is 4.79 Å². The van der Waals surface area contributed by atoms with E-state index in [1.165, 1.54) is 12.8 Å². The van der Waals surface area contributed by atoms with E-state index in [1.54, 1.807) is 6.08 Å². The number of aliphatic carboxylic acids is 1. The minimum atomic E-state index is -0.802. The van der Waals surface area contributed by atoms with E-state index < -0.39 is 5.97 Å². The second kappa shape index (κ2) is 8.60. The molecule has 0 fully saturated rings. The summed E-state index contributed by atoms with van der Waals surface area (Å²) in [4.78, 5) is 10.2. The topological polar surface area (TPSA) is 57.5 Å². The van der Waals surface area contributed by atoms with Crippen LogP contribution in [0, 0.1) is 0 Å². The van der Waals surface area contributed by atoms with Gasteiger partial charge in [-0.1, -0.05) is 19.8 Å². The monoisotopic (exact) mass is 200 g/mol. The molecule has 2 N–H and O–H groups in total. The molecular formula is C11H20O3. The molecule has 0 saturated carbocycles. The average molecular weight is 200 g/mol. The molecule has 0 aliphatic carbocycles. The largest absolute Gasteiger partial charge is 0.513 e. The minimum absolute atomic E-state index is 0.132. The maximum absolute atomic E-state index is 10.2. The van der Waals surface area contributed by atoms with E-state index in [1.807, 2.05) is 0 Å². The lowest BCUT2D eigenvalue weighted by atomic mass is 10.1. The van der Waals surface area contributed by atoms with Gasteiger partial charge in [0.05, 0.1) is 5.76 Å². The van der Waals surface area contributed by atoms with Crippen LogP contribution in [-0.4, -0.2) is 16.2 Å². The van der Waals surface area contributed by atoms with Crippen molar-refractivity contribution < 1.29 is 15.0 Å². The number of unbranched alkanes of at least 4 members (excludes halogenated alkanes) is 3. The second-order valence-corrected chi connectivity index (χ2v) is 3.44. The van der Waals surface area contributed by atoms with E-state index in [2.05, 4.69) is 6.92 Å². The summed E-state index contributed by atoms with van der Waals surface area (Å²) in [7, 11) is 0. The van der Waals surface area contributed by atoms with Gasteiger partial charge in [0.1, 0.15) is 0 Å². The second-order valence-electron chi connectivity index (χ2n) is 3.44. The van der Waals surface area contributed by atoms with E-state index in [9.17, 15) is 9.90 Å². The molecule has 0 atom stereocenters. The van der Waals surface area contributed by atoms with E-state index in [4.69, 9.17) is 5.11 Å². The Hall–Kier alpha value is -0.990. The normalized spacial score (nSPS) is 11.6. The molecule has 0 rings (SSSR count). The molecule has 0 spiro atoms. The molecular weight excluding hydrogens is 180 g/mol. The third-order valence-corrected chi connectivity index (χ3v) is 2.01. The highest BCUT2D eigenvalue weighted by Gasteiger charge is 1.98. The molecule has 3 heteroatoms. The lowest BCUT2D eigenvalue weighted by Crippen LogP contribution is -1.94. The zero-order chi connectivity index (χ0) is 10.8. The van der Waals surface area contributed by atoms with Gasteiger partial charge in [-0.05, 0) is 25.3 Å². The summed E-state index contributed by atoms with van der Waals surface area (Å²) in [6.07, 6.45) is 7.28. The van der Waals surface area contributed by atoms with Crippen LogP contribution in [0.25, 0.3) is 0 Å². The first-order chi connectivity index (χ1) is 6.66. The first-order valence-corrected chi connectivity index (χ1v) is 5.26. The Morgan fingerprint density at radius 2 is 1.86 bits per heavy atom. The Balaban J connectivity index is 3.41. The van der Waals surface area contributed by atoms with Crippen LogP contribution >= 0.6 is 0 Å². The van der Waals surface area contributed by atoms with Crippen LogP contribution in [0.4, 0.5) is 0 Å². The highest BCUT2D eigenvalue weighted by atomic mass is 16.4. The van der Waals surface area contributed by atoms with Gasteiger partial charge in [0.2, 0.25) is 0 Å². The van der Waals surface area contributed by atoms with Gasteiger partial charge in [-0.15, -0.1) is 0 Å². The van der Waals surface area contributed by atoms with Gasteiger partial charge in [-0.2, -0.15) is 0 Å². The van der Waals surface area contributed by atoms with E-state index in [0.29, 0.717) is 18.6 Å². The predicted molar refractivity (Wildman–Crippen MR) is 56.3 cm³/mol. The number of carboxylic acids is 1. The Labute approximate surface area is 85.4 Å². The lowest BCUT2D eigenvalue weighted by Gasteiger charge is -1.98. The number of allylic oxidation sites excluding steroid dienone is 2. The summed E-state index contributed by atoms with van der Waals surface area (Å²) in [5.74, 6) is -0.467. The summed E-state index contributed by atoms with van der Waals surface area (Å²) in [5.41, 5.74) is 0. The fourth-order valence-corrected chi connectivity index (χ4v) is 1.19. The van der Waals surface area contributed by atoms with E-state index in [0.717, 1.165) is 12.8 Å². The van der Waals surface area contributed by atoms with Crippen molar-refractivity contribution in [2.45, 2.75) is 51.9 Å². The van der Waals surface area contributed by atoms with Gasteiger partial charge >= 0.3 is 5.97 Å². The summed E-state index contributed by atoms with van der Waals surface area (Å²) in [6, 6.07) is 0. The number of carboxylic acid groups (broad SMARTS) is 1. The predicted octanol–water partition coefficient (Wildman–Crippen LogP) is 3.26. The molecule has 0 unspecified atom stereocenters. The van der Waals surface area contributed by atoms with Crippen molar-refractivity contribution in [2.24, 2.45) is 0 Å². The number of carbonyl (C=O) groups is 1. The van der Waals surface area contributed by atoms with E-state index >= 15 is 0 Å². The number of aliphatic hydroxyl groups is 1. The number of hydrogen-bond acceptors (Lipinski definition) is 2. The Morgan fingerprint density at radius 3 is 2.43 bits per heavy atom. The highest BCUT2D eigenvalue weighted by Crippen LogP contribution is 2.07. The van der Waals surface area contributed by atoms with Crippen LogP contribution in [0.3, 0.4) is 0 Å². The SMILES string of the molecule is CCCCCC=C(O)CCCC(=O)O. The molecule has 0 bridgehead atoms. The average Bonchev–Trinajstić information content (AvgIpc) is 2.12. The van der Waals surface area contributed by atoms with Gasteiger partial charge in [0, 0.05) is 12.8 Å². The molecule has 0 amide bonds. The maximum atomic E-state index is 10.2. The Bertz CT molecular complexity index is 185. The molecule has 3 nitrogen and oxygen atoms in total. The molecule has 82 valence electrons. The summed E-state index contributed by atoms with van der Waals surface area (Å²) in [5, 5.41) is 17.7. The fourth-order valence-electron chi connectivity index (χ4n) is 1.19. The van der Waals surface area contributed by atoms with Gasteiger partial charge in [0.15, 0.2) is 0 Å². The maximum Gasteiger partial charge on any atom is 0.303 e. The van der Waals surface area contributed by atoms with Crippen molar-refractivity contribution in [3.8, 4) is 0 Å². The zero-order valence-electron chi connectivity index (χ0n) is 8.83. The summed E-state index contributed by atoms with van der Waals surface area (Å²) < 4.78 is 0. The fraction of sp³-hybridized carbons (Fsp3) is 0.727. The van der Waals surface area contributed by atoms with Crippen molar-refractivity contribution >= 4 is 5.97 Å². The summed E-state index contributed by atoms with van der Waals surface area (Å²) in [6.45, 7) is 2.14. The van der Waals surface area contributed by atoms with Gasteiger partial charge in [-0.25, -0.2) is 0 Å². The van der Waals surface area contributed by atoms with Crippen LogP contribution < -0.4 is 0 Å². The lowest BCUT2D eigenvalue weighted by molar-refractivity contribution is -0.137. The number of hydrogen-bond donors (Lipinski definition) is 2. The van der Waals surface area contributed by atoms with Crippen LogP contribution in [0.2, 0.25) is 0 Å². The third-order valence-electron chi connectivity index (χ3n) is 2.01. The number of aliphatic hydroxyl groups excluding tert-OH is 1. The molecule has 0 saturated heterocycles. The molecule has 0 aliphatic rings. The standard InChI is InChI=1S/C11H20O3/c1-2-3-4-5-7-10(12)8-6-9-11(13)14/h7,12H,2-6,8-9H2,1H3,(H,13,14). The molecule has 0 aromatic rings. The van der Waals surface area contributed by atoms with Crippen molar-refractivity contribution in [2.75, 3.05) is 0 Å². The van der Waals surface area contributed by atoms with Crippen LogP contribution in [0.15, 0.2) is 11.8 Å². The third kappa shape index (κ3) is 9.10. The quantitative estimate of drug-likeness (QED) is 0.467. The van der Waals surface area contributed by atoms with Crippen LogP contribution in [0.1, 0.15) is 51.9 Å². The number of rotatable bonds is 8. The molecule has 0 aromatic heterocycles. The highest BCUT2D eigenvalue weighted by molar-refractivity contribution is 5.66. The van der Waals surface area contributed by atoms with E-state index in [-0.39, 0.29) is 6.42 Å². The van der Waals surface area contributed by atoms with Crippen molar-refractivity contribution in [1.82, 2.24) is 0 Å². The Kier molecular flexibility index (Phi) is 7.99. The van der Waals surface area contributed by atoms with Gasteiger partial charge in [0.25, 0.3) is 0 Å². The molecule has 0 heterocycles. The summed E-state index contributed by atoms with van der Waals surface area (Å²) >= 11 is 0. The van der Waals surface area contributed by atoms with Crippen molar-refractivity contribution in [3.05, 3.63) is 11.8 Å². The van der Waals surface area contributed by atoms with Gasteiger partial charge < -0.3 is 10.2 Å². The van der Waals surface area contributed by atoms with Crippen LogP contribution in [-0.2, 0) is 4.79 Å². The first-order valence-electron chi connectivity index (χ1n) is 5.26. The minimum Gasteiger partial charge on any atom is -0.513 e. The van der Waals surface area contributed by atoms with Crippen molar-refractivity contribution in [3.63, 3.8) is 0 Å². The molecule has 14 heavy (non-hydrogen) atoms. The van der Waals surface area contributed by atoms with Crippen molar-refractivity contribution in [1.29, 1.82) is 0 Å². The van der Waals surface area contributed by atoms with Crippen LogP contribution in [0.5, 0.6) is 0 Å².